The zero-order valence-electron chi connectivity index (χ0n) is 18.0. The third-order valence-corrected chi connectivity index (χ3v) is 5.50. The first kappa shape index (κ1) is 21.2. The molecule has 0 aliphatic carbocycles. The summed E-state index contributed by atoms with van der Waals surface area (Å²) in [7, 11) is 3.00. The molecule has 1 atom stereocenters. The van der Waals surface area contributed by atoms with Crippen LogP contribution in [0.2, 0.25) is 0 Å². The summed E-state index contributed by atoms with van der Waals surface area (Å²) >= 11 is 0. The summed E-state index contributed by atoms with van der Waals surface area (Å²) in [6, 6.07) is 20.6. The molecule has 0 saturated carbocycles. The number of Topliss-reactive ketones (excluding diaryl/α,β-unsaturated/α-hetero) is 1. The zero-order chi connectivity index (χ0) is 22.8. The van der Waals surface area contributed by atoms with Crippen LogP contribution in [0.25, 0.3) is 5.76 Å². The number of hydrogen-bond acceptors (Lipinski definition) is 5. The van der Waals surface area contributed by atoms with E-state index in [0.29, 0.717) is 22.7 Å². The number of hydrogen-bond donors (Lipinski definition) is 1. The minimum absolute atomic E-state index is 0.0231. The number of anilines is 1. The van der Waals surface area contributed by atoms with E-state index < -0.39 is 17.7 Å². The second-order valence-electron chi connectivity index (χ2n) is 7.49. The Balaban J connectivity index is 1.93. The molecule has 162 valence electrons. The van der Waals surface area contributed by atoms with Crippen molar-refractivity contribution < 1.29 is 24.2 Å². The third kappa shape index (κ3) is 3.60. The summed E-state index contributed by atoms with van der Waals surface area (Å²) in [4.78, 5) is 27.8. The summed E-state index contributed by atoms with van der Waals surface area (Å²) in [5.74, 6) is -0.808. The highest BCUT2D eigenvalue weighted by molar-refractivity contribution is 6.51. The Morgan fingerprint density at radius 3 is 2.25 bits per heavy atom. The van der Waals surface area contributed by atoms with Crippen molar-refractivity contribution in [1.29, 1.82) is 0 Å². The fraction of sp³-hybridized carbons (Fsp3) is 0.154. The van der Waals surface area contributed by atoms with Gasteiger partial charge in [0.15, 0.2) is 11.5 Å². The van der Waals surface area contributed by atoms with Crippen molar-refractivity contribution in [2.75, 3.05) is 19.1 Å². The Morgan fingerprint density at radius 2 is 1.59 bits per heavy atom. The van der Waals surface area contributed by atoms with E-state index in [4.69, 9.17) is 9.47 Å². The van der Waals surface area contributed by atoms with Crippen molar-refractivity contribution >= 4 is 23.1 Å². The lowest BCUT2D eigenvalue weighted by Gasteiger charge is -2.25. The number of carbonyl (C=O) groups is 2. The van der Waals surface area contributed by atoms with Crippen LogP contribution in [0.1, 0.15) is 22.7 Å². The molecule has 1 amide bonds. The monoisotopic (exact) mass is 429 g/mol. The smallest absolute Gasteiger partial charge is 0.300 e. The molecule has 1 fully saturated rings. The van der Waals surface area contributed by atoms with Gasteiger partial charge in [-0.25, -0.2) is 0 Å². The number of aliphatic hydroxyl groups is 1. The summed E-state index contributed by atoms with van der Waals surface area (Å²) in [5, 5.41) is 11.2. The van der Waals surface area contributed by atoms with Crippen LogP contribution in [0.3, 0.4) is 0 Å². The molecular weight excluding hydrogens is 406 g/mol. The van der Waals surface area contributed by atoms with Crippen molar-refractivity contribution in [3.8, 4) is 11.5 Å². The van der Waals surface area contributed by atoms with Crippen LogP contribution in [0.15, 0.2) is 78.4 Å². The van der Waals surface area contributed by atoms with E-state index in [1.165, 1.54) is 19.1 Å². The van der Waals surface area contributed by atoms with E-state index in [2.05, 4.69) is 0 Å². The lowest BCUT2D eigenvalue weighted by Crippen LogP contribution is -2.29. The van der Waals surface area contributed by atoms with Gasteiger partial charge in [-0.15, -0.1) is 0 Å². The minimum Gasteiger partial charge on any atom is -0.507 e. The quantitative estimate of drug-likeness (QED) is 0.363. The molecule has 1 aliphatic rings. The maximum atomic E-state index is 13.2. The number of benzene rings is 3. The number of aryl methyl sites for hydroxylation is 1. The van der Waals surface area contributed by atoms with Gasteiger partial charge in [0.05, 0.1) is 25.8 Å². The number of methoxy groups -OCH3 is 2. The number of ether oxygens (including phenoxy) is 2. The van der Waals surface area contributed by atoms with Crippen molar-refractivity contribution in [1.82, 2.24) is 0 Å². The van der Waals surface area contributed by atoms with Crippen molar-refractivity contribution in [2.45, 2.75) is 13.0 Å². The van der Waals surface area contributed by atoms with Gasteiger partial charge in [-0.05, 0) is 48.4 Å². The SMILES string of the molecule is COc1ccc(/C(O)=C2/C(=O)C(=O)N(c3cccc(C)c3)C2c2ccccc2)cc1OC. The normalized spacial score (nSPS) is 17.5. The first-order valence-electron chi connectivity index (χ1n) is 10.1. The molecule has 32 heavy (non-hydrogen) atoms. The van der Waals surface area contributed by atoms with Gasteiger partial charge in [-0.1, -0.05) is 42.5 Å². The number of aliphatic hydroxyl groups excluding tert-OH is 1. The number of nitrogens with zero attached hydrogens (tertiary/aromatic N) is 1. The number of carbonyl (C=O) groups excluding carboxylic acids is 2. The van der Waals surface area contributed by atoms with Gasteiger partial charge in [0.1, 0.15) is 5.76 Å². The van der Waals surface area contributed by atoms with E-state index in [1.807, 2.05) is 55.5 Å². The standard InChI is InChI=1S/C26H23NO5/c1-16-8-7-11-19(14-16)27-23(17-9-5-4-6-10-17)22(25(29)26(27)30)24(28)18-12-13-20(31-2)21(15-18)32-3/h4-15,23,28H,1-3H3/b24-22-. The Morgan fingerprint density at radius 1 is 0.875 bits per heavy atom. The molecule has 3 aromatic rings. The molecule has 0 bridgehead atoms. The molecule has 1 saturated heterocycles. The predicted octanol–water partition coefficient (Wildman–Crippen LogP) is 4.64. The molecule has 0 spiro atoms. The minimum atomic E-state index is -0.772. The number of amides is 1. The molecule has 0 aromatic heterocycles. The Kier molecular flexibility index (Phi) is 5.69. The molecule has 1 heterocycles. The summed E-state index contributed by atoms with van der Waals surface area (Å²) in [6.07, 6.45) is 0. The van der Waals surface area contributed by atoms with E-state index in [1.54, 1.807) is 24.3 Å². The van der Waals surface area contributed by atoms with Gasteiger partial charge in [0.25, 0.3) is 11.7 Å². The van der Waals surface area contributed by atoms with Crippen LogP contribution in [-0.2, 0) is 9.59 Å². The van der Waals surface area contributed by atoms with Crippen LogP contribution in [0, 0.1) is 6.92 Å². The van der Waals surface area contributed by atoms with Crippen LogP contribution in [0.4, 0.5) is 5.69 Å². The van der Waals surface area contributed by atoms with E-state index in [-0.39, 0.29) is 11.3 Å². The maximum Gasteiger partial charge on any atom is 0.300 e. The number of rotatable bonds is 5. The van der Waals surface area contributed by atoms with Crippen LogP contribution in [0.5, 0.6) is 11.5 Å². The predicted molar refractivity (Wildman–Crippen MR) is 122 cm³/mol. The summed E-state index contributed by atoms with van der Waals surface area (Å²) in [5.41, 5.74) is 2.64. The summed E-state index contributed by atoms with van der Waals surface area (Å²) < 4.78 is 10.6. The molecular formula is C26H23NO5. The van der Waals surface area contributed by atoms with E-state index in [0.717, 1.165) is 11.1 Å². The highest BCUT2D eigenvalue weighted by Crippen LogP contribution is 2.43. The molecule has 6 nitrogen and oxygen atoms in total. The summed E-state index contributed by atoms with van der Waals surface area (Å²) in [6.45, 7) is 1.92. The van der Waals surface area contributed by atoms with Crippen molar-refractivity contribution in [2.24, 2.45) is 0 Å². The fourth-order valence-corrected chi connectivity index (χ4v) is 3.97. The van der Waals surface area contributed by atoms with Gasteiger partial charge >= 0.3 is 0 Å². The Hall–Kier alpha value is -4.06. The average Bonchev–Trinajstić information content (AvgIpc) is 3.09. The Bertz CT molecular complexity index is 1220. The van der Waals surface area contributed by atoms with Gasteiger partial charge in [-0.3, -0.25) is 14.5 Å². The van der Waals surface area contributed by atoms with Crippen LogP contribution >= 0.6 is 0 Å². The Labute approximate surface area is 186 Å². The van der Waals surface area contributed by atoms with Crippen LogP contribution < -0.4 is 14.4 Å². The lowest BCUT2D eigenvalue weighted by molar-refractivity contribution is -0.132. The first-order chi connectivity index (χ1) is 15.5. The fourth-order valence-electron chi connectivity index (χ4n) is 3.97. The molecule has 1 unspecified atom stereocenters. The second kappa shape index (κ2) is 8.59. The molecule has 1 N–H and O–H groups in total. The van der Waals surface area contributed by atoms with Gasteiger partial charge in [0.2, 0.25) is 0 Å². The number of ketones is 1. The van der Waals surface area contributed by atoms with Gasteiger partial charge < -0.3 is 14.6 Å². The van der Waals surface area contributed by atoms with Gasteiger partial charge in [0, 0.05) is 11.3 Å². The highest BCUT2D eigenvalue weighted by atomic mass is 16.5. The molecule has 1 aliphatic heterocycles. The van der Waals surface area contributed by atoms with Crippen molar-refractivity contribution in [3.05, 3.63) is 95.1 Å². The van der Waals surface area contributed by atoms with Gasteiger partial charge in [-0.2, -0.15) is 0 Å². The average molecular weight is 429 g/mol. The second-order valence-corrected chi connectivity index (χ2v) is 7.49. The maximum absolute atomic E-state index is 13.2. The molecule has 3 aromatic carbocycles. The molecule has 0 radical (unpaired) electrons. The van der Waals surface area contributed by atoms with Crippen LogP contribution in [-0.4, -0.2) is 31.0 Å². The van der Waals surface area contributed by atoms with Crippen molar-refractivity contribution in [3.63, 3.8) is 0 Å². The topological polar surface area (TPSA) is 76.1 Å². The third-order valence-electron chi connectivity index (χ3n) is 5.50. The highest BCUT2D eigenvalue weighted by Gasteiger charge is 2.47. The van der Waals surface area contributed by atoms with E-state index >= 15 is 0 Å². The zero-order valence-corrected chi connectivity index (χ0v) is 18.0. The largest absolute Gasteiger partial charge is 0.507 e. The van der Waals surface area contributed by atoms with E-state index in [9.17, 15) is 14.7 Å². The lowest BCUT2D eigenvalue weighted by atomic mass is 9.95. The first-order valence-corrected chi connectivity index (χ1v) is 10.1. The molecule has 6 heteroatoms. The molecule has 4 rings (SSSR count).